The number of aromatic carboxylic acids is 1. The Kier molecular flexibility index (Phi) is 6.24. The second-order valence-electron chi connectivity index (χ2n) is 6.24. The largest absolute Gasteiger partial charge is 0.478 e. The fraction of sp³-hybridized carbons (Fsp3) is 0.611. The van der Waals surface area contributed by atoms with Gasteiger partial charge in [0.25, 0.3) is 0 Å². The van der Waals surface area contributed by atoms with Crippen LogP contribution in [-0.2, 0) is 6.54 Å². The quantitative estimate of drug-likeness (QED) is 0.818. The van der Waals surface area contributed by atoms with Crippen molar-refractivity contribution in [2.45, 2.75) is 52.0 Å². The van der Waals surface area contributed by atoms with E-state index >= 15 is 0 Å². The lowest BCUT2D eigenvalue weighted by molar-refractivity contribution is 0.0696. The molecule has 0 aromatic heterocycles. The van der Waals surface area contributed by atoms with E-state index in [1.807, 2.05) is 18.2 Å². The molecule has 0 atom stereocenters. The van der Waals surface area contributed by atoms with Crippen LogP contribution in [0.4, 0.5) is 0 Å². The van der Waals surface area contributed by atoms with Crippen molar-refractivity contribution in [3.8, 4) is 0 Å². The zero-order valence-electron chi connectivity index (χ0n) is 13.1. The van der Waals surface area contributed by atoms with Crippen LogP contribution >= 0.6 is 0 Å². The zero-order chi connectivity index (χ0) is 15.1. The van der Waals surface area contributed by atoms with Gasteiger partial charge in [0, 0.05) is 13.1 Å². The molecule has 1 aliphatic carbocycles. The number of carbonyl (C=O) groups is 1. The lowest BCUT2D eigenvalue weighted by Gasteiger charge is -2.29. The molecule has 1 aromatic carbocycles. The minimum absolute atomic E-state index is 0.390. The van der Waals surface area contributed by atoms with Crippen LogP contribution < -0.4 is 0 Å². The first kappa shape index (κ1) is 16.0. The van der Waals surface area contributed by atoms with Crippen molar-refractivity contribution in [1.29, 1.82) is 0 Å². The highest BCUT2D eigenvalue weighted by Crippen LogP contribution is 2.25. The SMILES string of the molecule is CCCN(Cc1cccc(C(=O)O)c1)CC1CCCCC1. The minimum Gasteiger partial charge on any atom is -0.478 e. The average Bonchev–Trinajstić information content (AvgIpc) is 2.49. The van der Waals surface area contributed by atoms with E-state index in [1.54, 1.807) is 6.07 Å². The van der Waals surface area contributed by atoms with E-state index < -0.39 is 5.97 Å². The van der Waals surface area contributed by atoms with E-state index in [1.165, 1.54) is 32.1 Å². The maximum Gasteiger partial charge on any atom is 0.335 e. The summed E-state index contributed by atoms with van der Waals surface area (Å²) in [6.45, 7) is 5.33. The predicted molar refractivity (Wildman–Crippen MR) is 85.5 cm³/mol. The van der Waals surface area contributed by atoms with Crippen molar-refractivity contribution >= 4 is 5.97 Å². The van der Waals surface area contributed by atoms with Crippen LogP contribution in [0.5, 0.6) is 0 Å². The van der Waals surface area contributed by atoms with Crippen LogP contribution in [0.3, 0.4) is 0 Å². The summed E-state index contributed by atoms with van der Waals surface area (Å²) in [4.78, 5) is 13.6. The second-order valence-corrected chi connectivity index (χ2v) is 6.24. The van der Waals surface area contributed by atoms with Gasteiger partial charge in [-0.1, -0.05) is 38.3 Å². The number of benzene rings is 1. The molecule has 1 aromatic rings. The number of nitrogens with zero attached hydrogens (tertiary/aromatic N) is 1. The van der Waals surface area contributed by atoms with Gasteiger partial charge in [-0.15, -0.1) is 0 Å². The third-order valence-electron chi connectivity index (χ3n) is 4.36. The Balaban J connectivity index is 1.97. The normalized spacial score (nSPS) is 16.3. The molecule has 0 amide bonds. The Labute approximate surface area is 128 Å². The van der Waals surface area contributed by atoms with Crippen LogP contribution in [0.15, 0.2) is 24.3 Å². The molecule has 1 fully saturated rings. The molecule has 1 aliphatic rings. The maximum absolute atomic E-state index is 11.1. The van der Waals surface area contributed by atoms with Crippen molar-refractivity contribution in [1.82, 2.24) is 4.90 Å². The van der Waals surface area contributed by atoms with E-state index in [0.717, 1.165) is 37.5 Å². The molecule has 1 N–H and O–H groups in total. The van der Waals surface area contributed by atoms with Crippen LogP contribution in [0.1, 0.15) is 61.4 Å². The van der Waals surface area contributed by atoms with E-state index in [9.17, 15) is 4.79 Å². The molecule has 0 saturated heterocycles. The first-order valence-electron chi connectivity index (χ1n) is 8.23. The Morgan fingerprint density at radius 1 is 1.29 bits per heavy atom. The molecule has 3 heteroatoms. The summed E-state index contributed by atoms with van der Waals surface area (Å²) in [6.07, 6.45) is 8.00. The van der Waals surface area contributed by atoms with Gasteiger partial charge in [0.1, 0.15) is 0 Å². The summed E-state index contributed by atoms with van der Waals surface area (Å²) in [5, 5.41) is 9.09. The predicted octanol–water partition coefficient (Wildman–Crippen LogP) is 4.18. The van der Waals surface area contributed by atoms with Crippen LogP contribution in [-0.4, -0.2) is 29.1 Å². The van der Waals surface area contributed by atoms with Crippen LogP contribution in [0, 0.1) is 5.92 Å². The summed E-state index contributed by atoms with van der Waals surface area (Å²) in [7, 11) is 0. The molecule has 116 valence electrons. The first-order valence-corrected chi connectivity index (χ1v) is 8.23. The van der Waals surface area contributed by atoms with Crippen molar-refractivity contribution in [3.05, 3.63) is 35.4 Å². The number of carboxylic acid groups (broad SMARTS) is 1. The molecule has 0 aliphatic heterocycles. The zero-order valence-corrected chi connectivity index (χ0v) is 13.1. The molecule has 21 heavy (non-hydrogen) atoms. The fourth-order valence-electron chi connectivity index (χ4n) is 3.35. The number of hydrogen-bond acceptors (Lipinski definition) is 2. The van der Waals surface area contributed by atoms with Gasteiger partial charge < -0.3 is 5.11 Å². The van der Waals surface area contributed by atoms with Gasteiger partial charge in [-0.2, -0.15) is 0 Å². The van der Waals surface area contributed by atoms with Crippen LogP contribution in [0.2, 0.25) is 0 Å². The molecule has 0 radical (unpaired) electrons. The van der Waals surface area contributed by atoms with E-state index in [-0.39, 0.29) is 0 Å². The molecule has 3 nitrogen and oxygen atoms in total. The highest BCUT2D eigenvalue weighted by Gasteiger charge is 2.17. The highest BCUT2D eigenvalue weighted by atomic mass is 16.4. The topological polar surface area (TPSA) is 40.5 Å². The van der Waals surface area contributed by atoms with Crippen molar-refractivity contribution in [2.75, 3.05) is 13.1 Å². The smallest absolute Gasteiger partial charge is 0.335 e. The van der Waals surface area contributed by atoms with Gasteiger partial charge in [0.2, 0.25) is 0 Å². The van der Waals surface area contributed by atoms with Crippen molar-refractivity contribution in [3.63, 3.8) is 0 Å². The molecule has 0 unspecified atom stereocenters. The lowest BCUT2D eigenvalue weighted by atomic mass is 9.89. The van der Waals surface area contributed by atoms with Gasteiger partial charge in [0.05, 0.1) is 5.56 Å². The Morgan fingerprint density at radius 2 is 2.05 bits per heavy atom. The van der Waals surface area contributed by atoms with E-state index in [0.29, 0.717) is 5.56 Å². The third kappa shape index (κ3) is 5.16. The molecular formula is C18H27NO2. The molecule has 0 heterocycles. The monoisotopic (exact) mass is 289 g/mol. The maximum atomic E-state index is 11.1. The van der Waals surface area contributed by atoms with Gasteiger partial charge in [-0.05, 0) is 49.4 Å². The summed E-state index contributed by atoms with van der Waals surface area (Å²) in [6, 6.07) is 7.36. The fourth-order valence-corrected chi connectivity index (χ4v) is 3.35. The molecule has 2 rings (SSSR count). The summed E-state index contributed by atoms with van der Waals surface area (Å²) >= 11 is 0. The molecule has 1 saturated carbocycles. The minimum atomic E-state index is -0.842. The second kappa shape index (κ2) is 8.18. The summed E-state index contributed by atoms with van der Waals surface area (Å²) < 4.78 is 0. The van der Waals surface area contributed by atoms with Gasteiger partial charge in [-0.3, -0.25) is 4.90 Å². The number of hydrogen-bond donors (Lipinski definition) is 1. The lowest BCUT2D eigenvalue weighted by Crippen LogP contribution is -2.31. The Bertz CT molecular complexity index is 452. The Morgan fingerprint density at radius 3 is 2.71 bits per heavy atom. The number of carboxylic acids is 1. The third-order valence-corrected chi connectivity index (χ3v) is 4.36. The van der Waals surface area contributed by atoms with E-state index in [2.05, 4.69) is 11.8 Å². The standard InChI is InChI=1S/C18H27NO2/c1-2-11-19(13-15-7-4-3-5-8-15)14-16-9-6-10-17(12-16)18(20)21/h6,9-10,12,15H,2-5,7-8,11,13-14H2,1H3,(H,20,21). The van der Waals surface area contributed by atoms with Gasteiger partial charge in [-0.25, -0.2) is 4.79 Å². The van der Waals surface area contributed by atoms with Crippen LogP contribution in [0.25, 0.3) is 0 Å². The summed E-state index contributed by atoms with van der Waals surface area (Å²) in [5.74, 6) is -0.0147. The van der Waals surface area contributed by atoms with E-state index in [4.69, 9.17) is 5.11 Å². The van der Waals surface area contributed by atoms with Crippen molar-refractivity contribution < 1.29 is 9.90 Å². The first-order chi connectivity index (χ1) is 10.2. The van der Waals surface area contributed by atoms with Crippen molar-refractivity contribution in [2.24, 2.45) is 5.92 Å². The molecule has 0 bridgehead atoms. The number of rotatable bonds is 7. The average molecular weight is 289 g/mol. The summed E-state index contributed by atoms with van der Waals surface area (Å²) in [5.41, 5.74) is 1.50. The molecule has 0 spiro atoms. The highest BCUT2D eigenvalue weighted by molar-refractivity contribution is 5.87. The molecular weight excluding hydrogens is 262 g/mol. The Hall–Kier alpha value is -1.35. The van der Waals surface area contributed by atoms with Gasteiger partial charge in [0.15, 0.2) is 0 Å². The van der Waals surface area contributed by atoms with Gasteiger partial charge >= 0.3 is 5.97 Å².